The molecule has 1 saturated heterocycles. The first-order valence-electron chi connectivity index (χ1n) is 10.6. The molecule has 2 rings (SSSR count). The molecule has 9 heteroatoms. The molecular weight excluding hydrogens is 440 g/mol. The van der Waals surface area contributed by atoms with Gasteiger partial charge in [-0.2, -0.15) is 0 Å². The van der Waals surface area contributed by atoms with Gasteiger partial charge in [0, 0.05) is 11.1 Å². The van der Waals surface area contributed by atoms with Gasteiger partial charge < -0.3 is 30.0 Å². The lowest BCUT2D eigenvalue weighted by molar-refractivity contribution is -0.144. The van der Waals surface area contributed by atoms with Gasteiger partial charge in [-0.15, -0.1) is 0 Å². The Hall–Kier alpha value is -3.53. The SMILES string of the molecule is COC(=O)[C@@H](NC(=O)c1ccc(C#CC#CC2(O)COC2)cc1)C(C)(C)NC(=O)OC(C)(C)C. The first-order valence-corrected chi connectivity index (χ1v) is 10.6. The Balaban J connectivity index is 2.09. The largest absolute Gasteiger partial charge is 0.467 e. The number of esters is 1. The van der Waals surface area contributed by atoms with E-state index in [4.69, 9.17) is 14.2 Å². The van der Waals surface area contributed by atoms with Crippen LogP contribution in [-0.2, 0) is 19.0 Å². The summed E-state index contributed by atoms with van der Waals surface area (Å²) >= 11 is 0. The van der Waals surface area contributed by atoms with Gasteiger partial charge in [-0.3, -0.25) is 4.79 Å². The zero-order chi connectivity index (χ0) is 25.6. The van der Waals surface area contributed by atoms with Crippen LogP contribution < -0.4 is 10.6 Å². The number of benzene rings is 1. The van der Waals surface area contributed by atoms with E-state index in [9.17, 15) is 19.5 Å². The molecule has 2 amide bonds. The van der Waals surface area contributed by atoms with Crippen molar-refractivity contribution in [1.82, 2.24) is 10.6 Å². The molecule has 0 spiro atoms. The monoisotopic (exact) mass is 470 g/mol. The summed E-state index contributed by atoms with van der Waals surface area (Å²) in [4.78, 5) is 37.4. The second-order valence-electron chi connectivity index (χ2n) is 9.38. The van der Waals surface area contributed by atoms with Crippen LogP contribution in [0.5, 0.6) is 0 Å². The first kappa shape index (κ1) is 26.7. The van der Waals surface area contributed by atoms with Crippen LogP contribution in [0.15, 0.2) is 24.3 Å². The standard InChI is InChI=1S/C25H30N2O7/c1-23(2,3)34-22(30)27-24(4,5)19(21(29)32-6)26-20(28)18-12-10-17(11-13-18)9-7-8-14-25(31)15-33-16-25/h10-13,19,31H,15-16H2,1-6H3,(H,26,28)(H,27,30)/t19-/m1/s1. The minimum atomic E-state index is -1.22. The fraction of sp³-hybridized carbons (Fsp3) is 0.480. The van der Waals surface area contributed by atoms with E-state index in [0.717, 1.165) is 0 Å². The molecule has 1 aromatic rings. The van der Waals surface area contributed by atoms with Crippen molar-refractivity contribution < 1.29 is 33.7 Å². The van der Waals surface area contributed by atoms with Crippen molar-refractivity contribution >= 4 is 18.0 Å². The highest BCUT2D eigenvalue weighted by molar-refractivity contribution is 5.97. The van der Waals surface area contributed by atoms with Crippen molar-refractivity contribution in [3.63, 3.8) is 0 Å². The summed E-state index contributed by atoms with van der Waals surface area (Å²) in [5, 5.41) is 15.0. The number of carbonyl (C=O) groups is 3. The van der Waals surface area contributed by atoms with Crippen molar-refractivity contribution in [3.8, 4) is 23.7 Å². The molecule has 0 bridgehead atoms. The summed E-state index contributed by atoms with van der Waals surface area (Å²) in [5.74, 6) is 9.42. The topological polar surface area (TPSA) is 123 Å². The lowest BCUT2D eigenvalue weighted by Gasteiger charge is -2.34. The number of hydrogen-bond acceptors (Lipinski definition) is 7. The van der Waals surface area contributed by atoms with Crippen LogP contribution in [0.1, 0.15) is 50.5 Å². The van der Waals surface area contributed by atoms with Crippen LogP contribution in [-0.4, -0.2) is 66.2 Å². The number of ether oxygens (including phenoxy) is 3. The first-order chi connectivity index (χ1) is 15.7. The minimum absolute atomic E-state index is 0.169. The molecular formula is C25H30N2O7. The van der Waals surface area contributed by atoms with E-state index in [1.807, 2.05) is 0 Å². The molecule has 9 nitrogen and oxygen atoms in total. The molecule has 1 aliphatic rings. The Bertz CT molecular complexity index is 1040. The van der Waals surface area contributed by atoms with Gasteiger partial charge in [-0.1, -0.05) is 5.92 Å². The zero-order valence-electron chi connectivity index (χ0n) is 20.2. The zero-order valence-corrected chi connectivity index (χ0v) is 20.2. The van der Waals surface area contributed by atoms with Gasteiger partial charge in [0.05, 0.1) is 25.9 Å². The third-order valence-corrected chi connectivity index (χ3v) is 4.65. The number of amides is 2. The summed E-state index contributed by atoms with van der Waals surface area (Å²) < 4.78 is 15.0. The minimum Gasteiger partial charge on any atom is -0.467 e. The van der Waals surface area contributed by atoms with Crippen molar-refractivity contribution in [2.45, 2.75) is 57.4 Å². The van der Waals surface area contributed by atoms with E-state index in [2.05, 4.69) is 34.3 Å². The molecule has 1 aromatic carbocycles. The van der Waals surface area contributed by atoms with E-state index in [-0.39, 0.29) is 18.8 Å². The van der Waals surface area contributed by atoms with E-state index in [1.54, 1.807) is 58.9 Å². The Morgan fingerprint density at radius 3 is 2.21 bits per heavy atom. The van der Waals surface area contributed by atoms with Crippen LogP contribution >= 0.6 is 0 Å². The highest BCUT2D eigenvalue weighted by atomic mass is 16.6. The number of methoxy groups -OCH3 is 1. The molecule has 1 atom stereocenters. The lowest BCUT2D eigenvalue weighted by Crippen LogP contribution is -2.62. The fourth-order valence-electron chi connectivity index (χ4n) is 2.83. The smallest absolute Gasteiger partial charge is 0.408 e. The number of carbonyl (C=O) groups excluding carboxylic acids is 3. The van der Waals surface area contributed by atoms with Crippen molar-refractivity contribution in [2.75, 3.05) is 20.3 Å². The van der Waals surface area contributed by atoms with Crippen molar-refractivity contribution in [3.05, 3.63) is 35.4 Å². The molecule has 3 N–H and O–H groups in total. The number of alkyl carbamates (subject to hydrolysis) is 1. The molecule has 1 heterocycles. The molecule has 0 radical (unpaired) electrons. The highest BCUT2D eigenvalue weighted by Gasteiger charge is 2.40. The van der Waals surface area contributed by atoms with Gasteiger partial charge in [0.15, 0.2) is 5.60 Å². The molecule has 1 fully saturated rings. The number of aliphatic hydroxyl groups is 1. The van der Waals surface area contributed by atoms with Crippen molar-refractivity contribution in [2.24, 2.45) is 0 Å². The second-order valence-corrected chi connectivity index (χ2v) is 9.38. The summed E-state index contributed by atoms with van der Waals surface area (Å²) in [7, 11) is 1.19. The molecule has 182 valence electrons. The van der Waals surface area contributed by atoms with Crippen LogP contribution in [0.25, 0.3) is 0 Å². The lowest BCUT2D eigenvalue weighted by atomic mass is 9.94. The summed E-state index contributed by atoms with van der Waals surface area (Å²) in [5.41, 5.74) is -2.19. The van der Waals surface area contributed by atoms with Gasteiger partial charge >= 0.3 is 12.1 Å². The Morgan fingerprint density at radius 2 is 1.71 bits per heavy atom. The maximum atomic E-state index is 12.8. The van der Waals surface area contributed by atoms with Crippen LogP contribution in [0.4, 0.5) is 4.79 Å². The maximum Gasteiger partial charge on any atom is 0.408 e. The van der Waals surface area contributed by atoms with Gasteiger partial charge in [-0.25, -0.2) is 9.59 Å². The Morgan fingerprint density at radius 1 is 1.09 bits per heavy atom. The van der Waals surface area contributed by atoms with Gasteiger partial charge in [-0.05, 0) is 76.6 Å². The van der Waals surface area contributed by atoms with Crippen LogP contribution in [0, 0.1) is 23.7 Å². The molecule has 0 aromatic heterocycles. The molecule has 0 unspecified atom stereocenters. The number of hydrogen-bond donors (Lipinski definition) is 3. The van der Waals surface area contributed by atoms with E-state index >= 15 is 0 Å². The van der Waals surface area contributed by atoms with Gasteiger partial charge in [0.2, 0.25) is 0 Å². The predicted octanol–water partition coefficient (Wildman–Crippen LogP) is 1.38. The molecule has 34 heavy (non-hydrogen) atoms. The predicted molar refractivity (Wildman–Crippen MR) is 124 cm³/mol. The normalized spacial score (nSPS) is 15.1. The average Bonchev–Trinajstić information content (AvgIpc) is 2.71. The van der Waals surface area contributed by atoms with Crippen molar-refractivity contribution in [1.29, 1.82) is 0 Å². The third kappa shape index (κ3) is 7.80. The van der Waals surface area contributed by atoms with E-state index in [0.29, 0.717) is 5.56 Å². The second kappa shape index (κ2) is 10.6. The Kier molecular flexibility index (Phi) is 8.33. The number of nitrogens with one attached hydrogen (secondary N) is 2. The van der Waals surface area contributed by atoms with Crippen LogP contribution in [0.2, 0.25) is 0 Å². The average molecular weight is 471 g/mol. The Labute approximate surface area is 199 Å². The highest BCUT2D eigenvalue weighted by Crippen LogP contribution is 2.16. The van der Waals surface area contributed by atoms with Crippen LogP contribution in [0.3, 0.4) is 0 Å². The summed E-state index contributed by atoms with van der Waals surface area (Å²) in [6.07, 6.45) is -0.733. The van der Waals surface area contributed by atoms with E-state index < -0.39 is 40.8 Å². The summed E-state index contributed by atoms with van der Waals surface area (Å²) in [6, 6.07) is 5.16. The molecule has 0 aliphatic carbocycles. The van der Waals surface area contributed by atoms with E-state index in [1.165, 1.54) is 7.11 Å². The quantitative estimate of drug-likeness (QED) is 0.439. The fourth-order valence-corrected chi connectivity index (χ4v) is 2.83. The third-order valence-electron chi connectivity index (χ3n) is 4.65. The van der Waals surface area contributed by atoms with Gasteiger partial charge in [0.25, 0.3) is 5.91 Å². The summed E-state index contributed by atoms with van der Waals surface area (Å²) in [6.45, 7) is 8.63. The van der Waals surface area contributed by atoms with Gasteiger partial charge in [0.1, 0.15) is 11.6 Å². The number of rotatable bonds is 5. The molecule has 0 saturated carbocycles. The molecule has 1 aliphatic heterocycles. The maximum absolute atomic E-state index is 12.8.